The molecule has 0 aliphatic carbocycles. The minimum atomic E-state index is -0.210. The van der Waals surface area contributed by atoms with Crippen LogP contribution < -0.4 is 5.73 Å². The predicted molar refractivity (Wildman–Crippen MR) is 111 cm³/mol. The summed E-state index contributed by atoms with van der Waals surface area (Å²) in [6, 6.07) is 16.5. The van der Waals surface area contributed by atoms with E-state index >= 15 is 0 Å². The van der Waals surface area contributed by atoms with Crippen molar-refractivity contribution in [2.45, 2.75) is 12.8 Å². The quantitative estimate of drug-likeness (QED) is 0.517. The molecule has 0 bridgehead atoms. The van der Waals surface area contributed by atoms with Crippen molar-refractivity contribution in [1.82, 2.24) is 10.1 Å². The Labute approximate surface area is 167 Å². The number of aryl methyl sites for hydroxylation is 2. The first-order valence-electron chi connectivity index (χ1n) is 9.15. The van der Waals surface area contributed by atoms with Crippen molar-refractivity contribution in [2.75, 3.05) is 18.2 Å². The lowest BCUT2D eigenvalue weighted by Gasteiger charge is -2.13. The van der Waals surface area contributed by atoms with Crippen LogP contribution in [0, 0.1) is 5.82 Å². The van der Waals surface area contributed by atoms with E-state index in [-0.39, 0.29) is 5.82 Å². The Balaban J connectivity index is 1.37. The van der Waals surface area contributed by atoms with Gasteiger partial charge in [0.1, 0.15) is 5.82 Å². The number of nitrogens with zero attached hydrogens (tertiary/aromatic N) is 3. The second-order valence-corrected chi connectivity index (χ2v) is 7.68. The third-order valence-electron chi connectivity index (χ3n) is 4.66. The molecule has 0 amide bonds. The van der Waals surface area contributed by atoms with Gasteiger partial charge in [-0.15, -0.1) is 11.8 Å². The van der Waals surface area contributed by atoms with Crippen molar-refractivity contribution in [2.24, 2.45) is 10.7 Å². The van der Waals surface area contributed by atoms with Crippen LogP contribution in [0.4, 0.5) is 10.3 Å². The van der Waals surface area contributed by atoms with Gasteiger partial charge < -0.3 is 15.2 Å². The summed E-state index contributed by atoms with van der Waals surface area (Å²) in [4.78, 5) is 6.33. The molecule has 0 unspecified atom stereocenters. The molecule has 1 aliphatic heterocycles. The smallest absolute Gasteiger partial charge is 0.253 e. The zero-order chi connectivity index (χ0) is 19.3. The molecule has 0 spiro atoms. The van der Waals surface area contributed by atoms with E-state index in [1.54, 1.807) is 12.1 Å². The number of halogens is 1. The minimum Gasteiger partial charge on any atom is -0.369 e. The third kappa shape index (κ3) is 4.36. The van der Waals surface area contributed by atoms with Gasteiger partial charge in [-0.3, -0.25) is 0 Å². The number of aliphatic imine (C=N–C) groups is 1. The molecule has 3 aromatic rings. The molecule has 1 fully saturated rings. The van der Waals surface area contributed by atoms with Crippen molar-refractivity contribution in [1.29, 1.82) is 0 Å². The highest BCUT2D eigenvalue weighted by atomic mass is 32.2. The summed E-state index contributed by atoms with van der Waals surface area (Å²) in [5, 5.41) is 4.08. The number of guanidine groups is 1. The lowest BCUT2D eigenvalue weighted by atomic mass is 10.0. The fourth-order valence-corrected chi connectivity index (χ4v) is 4.03. The van der Waals surface area contributed by atoms with Crippen LogP contribution in [0.15, 0.2) is 64.1 Å². The van der Waals surface area contributed by atoms with Crippen molar-refractivity contribution < 1.29 is 8.91 Å². The summed E-state index contributed by atoms with van der Waals surface area (Å²) in [5.74, 6) is 2.61. The molecule has 0 atom stereocenters. The molecule has 2 aromatic carbocycles. The molecular formula is C21H21FN4OS. The lowest BCUT2D eigenvalue weighted by Crippen LogP contribution is -2.34. The highest BCUT2D eigenvalue weighted by Gasteiger charge is 2.15. The van der Waals surface area contributed by atoms with Gasteiger partial charge in [-0.05, 0) is 30.0 Å². The first-order valence-corrected chi connectivity index (χ1v) is 10.3. The van der Waals surface area contributed by atoms with Crippen LogP contribution in [0.25, 0.3) is 11.1 Å². The number of aromatic nitrogens is 1. The van der Waals surface area contributed by atoms with Crippen molar-refractivity contribution in [3.63, 3.8) is 0 Å². The maximum absolute atomic E-state index is 13.9. The zero-order valence-corrected chi connectivity index (χ0v) is 16.2. The van der Waals surface area contributed by atoms with Crippen LogP contribution >= 0.6 is 11.8 Å². The normalized spacial score (nSPS) is 14.6. The second-order valence-electron chi connectivity index (χ2n) is 6.60. The Hall–Kier alpha value is -2.80. The van der Waals surface area contributed by atoms with Crippen LogP contribution in [-0.4, -0.2) is 34.2 Å². The van der Waals surface area contributed by atoms with Crippen LogP contribution in [0.1, 0.15) is 11.3 Å². The number of rotatable bonds is 5. The number of thioether (sulfide) groups is 1. The van der Waals surface area contributed by atoms with E-state index in [0.717, 1.165) is 47.8 Å². The average Bonchev–Trinajstić information content (AvgIpc) is 3.39. The van der Waals surface area contributed by atoms with Gasteiger partial charge in [-0.25, -0.2) is 4.39 Å². The maximum atomic E-state index is 13.9. The highest BCUT2D eigenvalue weighted by molar-refractivity contribution is 7.99. The van der Waals surface area contributed by atoms with Gasteiger partial charge in [0.15, 0.2) is 5.96 Å². The van der Waals surface area contributed by atoms with E-state index in [0.29, 0.717) is 17.4 Å². The van der Waals surface area contributed by atoms with Crippen LogP contribution in [0.2, 0.25) is 0 Å². The molecule has 28 heavy (non-hydrogen) atoms. The van der Waals surface area contributed by atoms with Gasteiger partial charge in [-0.2, -0.15) is 4.99 Å². The maximum Gasteiger partial charge on any atom is 0.253 e. The first-order chi connectivity index (χ1) is 13.7. The molecule has 2 heterocycles. The Morgan fingerprint density at radius 1 is 1.18 bits per heavy atom. The van der Waals surface area contributed by atoms with Crippen molar-refractivity contribution in [3.8, 4) is 11.1 Å². The van der Waals surface area contributed by atoms with Crippen LogP contribution in [0.5, 0.6) is 0 Å². The number of benzene rings is 2. The monoisotopic (exact) mass is 396 g/mol. The molecule has 5 nitrogen and oxygen atoms in total. The SMILES string of the molecule is NC(=Nc1cc(CCc2ccc(-c3ccccc3F)cc2)no1)N1CCSC1. The van der Waals surface area contributed by atoms with E-state index in [2.05, 4.69) is 10.1 Å². The van der Waals surface area contributed by atoms with Gasteiger partial charge in [0.2, 0.25) is 0 Å². The summed E-state index contributed by atoms with van der Waals surface area (Å²) in [6.45, 7) is 0.907. The summed E-state index contributed by atoms with van der Waals surface area (Å²) >= 11 is 1.83. The average molecular weight is 396 g/mol. The molecule has 7 heteroatoms. The van der Waals surface area contributed by atoms with E-state index in [1.807, 2.05) is 53.1 Å². The van der Waals surface area contributed by atoms with Crippen LogP contribution in [-0.2, 0) is 12.8 Å². The number of hydrogen-bond acceptors (Lipinski definition) is 4. The molecule has 1 saturated heterocycles. The molecule has 0 saturated carbocycles. The Morgan fingerprint density at radius 2 is 2.00 bits per heavy atom. The molecule has 1 aliphatic rings. The second kappa shape index (κ2) is 8.48. The Morgan fingerprint density at radius 3 is 2.75 bits per heavy atom. The Bertz CT molecular complexity index is 965. The van der Waals surface area contributed by atoms with Gasteiger partial charge in [-0.1, -0.05) is 47.6 Å². The highest BCUT2D eigenvalue weighted by Crippen LogP contribution is 2.23. The molecule has 144 valence electrons. The van der Waals surface area contributed by atoms with E-state index in [4.69, 9.17) is 10.3 Å². The molecule has 0 radical (unpaired) electrons. The van der Waals surface area contributed by atoms with E-state index < -0.39 is 0 Å². The minimum absolute atomic E-state index is 0.210. The first kappa shape index (κ1) is 18.6. The summed E-state index contributed by atoms with van der Waals surface area (Å²) in [5.41, 5.74) is 9.48. The molecule has 1 aromatic heterocycles. The topological polar surface area (TPSA) is 67.6 Å². The van der Waals surface area contributed by atoms with Gasteiger partial charge in [0.05, 0.1) is 11.6 Å². The largest absolute Gasteiger partial charge is 0.369 e. The lowest BCUT2D eigenvalue weighted by molar-refractivity contribution is 0.419. The fraction of sp³-hybridized carbons (Fsp3) is 0.238. The van der Waals surface area contributed by atoms with E-state index in [1.165, 1.54) is 6.07 Å². The van der Waals surface area contributed by atoms with Gasteiger partial charge in [0, 0.05) is 23.9 Å². The Kier molecular flexibility index (Phi) is 5.62. The van der Waals surface area contributed by atoms with Crippen molar-refractivity contribution >= 4 is 23.6 Å². The molecule has 4 rings (SSSR count). The fourth-order valence-electron chi connectivity index (χ4n) is 3.07. The van der Waals surface area contributed by atoms with Gasteiger partial charge >= 0.3 is 0 Å². The number of hydrogen-bond donors (Lipinski definition) is 1. The summed E-state index contributed by atoms with van der Waals surface area (Å²) < 4.78 is 19.2. The van der Waals surface area contributed by atoms with Crippen LogP contribution in [0.3, 0.4) is 0 Å². The third-order valence-corrected chi connectivity index (χ3v) is 5.62. The summed E-state index contributed by atoms with van der Waals surface area (Å²) in [6.07, 6.45) is 1.54. The summed E-state index contributed by atoms with van der Waals surface area (Å²) in [7, 11) is 0. The number of nitrogens with two attached hydrogens (primary N) is 1. The van der Waals surface area contributed by atoms with Crippen molar-refractivity contribution in [3.05, 3.63) is 71.7 Å². The van der Waals surface area contributed by atoms with E-state index in [9.17, 15) is 4.39 Å². The zero-order valence-electron chi connectivity index (χ0n) is 15.3. The predicted octanol–water partition coefficient (Wildman–Crippen LogP) is 4.22. The standard InChI is InChI=1S/C21H21FN4OS/c22-19-4-2-1-3-18(19)16-8-5-15(6-9-16)7-10-17-13-20(27-25-17)24-21(23)26-11-12-28-14-26/h1-6,8-9,13H,7,10-12,14H2,(H2,23,24). The molecule has 2 N–H and O–H groups in total. The van der Waals surface area contributed by atoms with Gasteiger partial charge in [0.25, 0.3) is 5.88 Å². The molecular weight excluding hydrogens is 375 g/mol.